The molecule has 0 atom stereocenters. The monoisotopic (exact) mass is 409 g/mol. The van der Waals surface area contributed by atoms with Gasteiger partial charge in [-0.05, 0) is 42.8 Å². The summed E-state index contributed by atoms with van der Waals surface area (Å²) in [7, 11) is 3.06. The van der Waals surface area contributed by atoms with Crippen molar-refractivity contribution in [1.82, 2.24) is 4.90 Å². The molecule has 6 nitrogen and oxygen atoms in total. The Bertz CT molecular complexity index is 858. The van der Waals surface area contributed by atoms with Crippen LogP contribution in [0.5, 0.6) is 11.5 Å². The Labute approximate surface area is 167 Å². The van der Waals surface area contributed by atoms with E-state index in [1.807, 2.05) is 6.07 Å². The van der Waals surface area contributed by atoms with Gasteiger partial charge in [-0.1, -0.05) is 17.7 Å². The molecule has 0 fully saturated rings. The van der Waals surface area contributed by atoms with Gasteiger partial charge in [0.2, 0.25) is 0 Å². The van der Waals surface area contributed by atoms with E-state index in [1.165, 1.54) is 25.2 Å². The highest BCUT2D eigenvalue weighted by molar-refractivity contribution is 6.30. The summed E-state index contributed by atoms with van der Waals surface area (Å²) in [5.74, 6) is -0.993. The lowest BCUT2D eigenvalue weighted by atomic mass is 10.2. The Morgan fingerprint density at radius 2 is 1.79 bits per heavy atom. The second kappa shape index (κ2) is 9.94. The van der Waals surface area contributed by atoms with Crippen molar-refractivity contribution in [3.8, 4) is 11.5 Å². The zero-order valence-electron chi connectivity index (χ0n) is 15.8. The smallest absolute Gasteiger partial charge is 0.341 e. The van der Waals surface area contributed by atoms with Crippen molar-refractivity contribution in [2.45, 2.75) is 13.5 Å². The topological polar surface area (TPSA) is 65.1 Å². The first-order valence-electron chi connectivity index (χ1n) is 8.50. The lowest BCUT2D eigenvalue weighted by Gasteiger charge is -2.21. The van der Waals surface area contributed by atoms with Crippen LogP contribution >= 0.6 is 11.6 Å². The number of carbonyl (C=O) groups excluding carboxylic acids is 2. The second-order valence-electron chi connectivity index (χ2n) is 5.80. The van der Waals surface area contributed by atoms with Gasteiger partial charge in [0.15, 0.2) is 18.1 Å². The van der Waals surface area contributed by atoms with Crippen LogP contribution in [0.1, 0.15) is 22.8 Å². The van der Waals surface area contributed by atoms with Gasteiger partial charge in [-0.15, -0.1) is 0 Å². The molecule has 0 aliphatic heterocycles. The molecule has 0 saturated heterocycles. The molecule has 1 amide bonds. The molecular formula is C20H21ClFNO5. The fourth-order valence-corrected chi connectivity index (χ4v) is 2.70. The van der Waals surface area contributed by atoms with Gasteiger partial charge in [0, 0.05) is 18.1 Å². The Hall–Kier alpha value is -2.80. The number of benzene rings is 2. The zero-order valence-corrected chi connectivity index (χ0v) is 16.6. The first kappa shape index (κ1) is 21.5. The molecule has 0 N–H and O–H groups in total. The van der Waals surface area contributed by atoms with E-state index in [1.54, 1.807) is 19.1 Å². The number of halogens is 2. The number of methoxy groups -OCH3 is 2. The van der Waals surface area contributed by atoms with Crippen molar-refractivity contribution < 1.29 is 28.2 Å². The van der Waals surface area contributed by atoms with E-state index in [0.29, 0.717) is 24.6 Å². The van der Waals surface area contributed by atoms with Crippen molar-refractivity contribution in [2.24, 2.45) is 0 Å². The van der Waals surface area contributed by atoms with E-state index in [4.69, 9.17) is 25.8 Å². The number of carbonyl (C=O) groups is 2. The maximum atomic E-state index is 13.7. The van der Waals surface area contributed by atoms with Crippen LogP contribution in [0.25, 0.3) is 0 Å². The summed E-state index contributed by atoms with van der Waals surface area (Å²) in [5, 5.41) is 0.198. The van der Waals surface area contributed by atoms with Gasteiger partial charge in [0.25, 0.3) is 5.91 Å². The molecule has 2 rings (SSSR count). The number of hydrogen-bond acceptors (Lipinski definition) is 5. The van der Waals surface area contributed by atoms with Gasteiger partial charge >= 0.3 is 5.97 Å². The summed E-state index contributed by atoms with van der Waals surface area (Å²) in [6.45, 7) is 1.98. The molecule has 0 heterocycles. The lowest BCUT2D eigenvalue weighted by Crippen LogP contribution is -2.34. The number of esters is 1. The van der Waals surface area contributed by atoms with Crippen LogP contribution < -0.4 is 9.47 Å². The zero-order chi connectivity index (χ0) is 20.7. The highest BCUT2D eigenvalue weighted by atomic mass is 35.5. The Morgan fingerprint density at radius 1 is 1.07 bits per heavy atom. The maximum Gasteiger partial charge on any atom is 0.341 e. The minimum absolute atomic E-state index is 0.198. The molecular weight excluding hydrogens is 389 g/mol. The number of likely N-dealkylation sites (N-methyl/N-ethyl adjacent to an activating group) is 1. The third kappa shape index (κ3) is 5.36. The molecule has 0 bridgehead atoms. The predicted molar refractivity (Wildman–Crippen MR) is 102 cm³/mol. The fourth-order valence-electron chi connectivity index (χ4n) is 2.53. The van der Waals surface area contributed by atoms with Crippen molar-refractivity contribution in [3.05, 3.63) is 58.4 Å². The van der Waals surface area contributed by atoms with E-state index in [0.717, 1.165) is 17.7 Å². The number of hydrogen-bond donors (Lipinski definition) is 0. The maximum absolute atomic E-state index is 13.7. The van der Waals surface area contributed by atoms with Gasteiger partial charge in [-0.2, -0.15) is 0 Å². The van der Waals surface area contributed by atoms with Crippen molar-refractivity contribution in [2.75, 3.05) is 27.4 Å². The summed E-state index contributed by atoms with van der Waals surface area (Å²) in [6.07, 6.45) is 0. The molecule has 2 aromatic rings. The molecule has 0 spiro atoms. The lowest BCUT2D eigenvalue weighted by molar-refractivity contribution is -0.135. The molecule has 150 valence electrons. The van der Waals surface area contributed by atoms with Crippen LogP contribution in [-0.4, -0.2) is 44.1 Å². The first-order chi connectivity index (χ1) is 13.4. The van der Waals surface area contributed by atoms with E-state index in [9.17, 15) is 14.0 Å². The molecule has 2 aromatic carbocycles. The van der Waals surface area contributed by atoms with Crippen LogP contribution in [0.2, 0.25) is 5.02 Å². The number of rotatable bonds is 8. The molecule has 0 aliphatic rings. The quantitative estimate of drug-likeness (QED) is 0.622. The van der Waals surface area contributed by atoms with Gasteiger partial charge in [0.05, 0.1) is 19.8 Å². The van der Waals surface area contributed by atoms with Gasteiger partial charge in [0.1, 0.15) is 5.82 Å². The minimum atomic E-state index is -0.949. The predicted octanol–water partition coefficient (Wildman–Crippen LogP) is 3.70. The average Bonchev–Trinajstić information content (AvgIpc) is 2.71. The van der Waals surface area contributed by atoms with Gasteiger partial charge in [-0.25, -0.2) is 9.18 Å². The summed E-state index contributed by atoms with van der Waals surface area (Å²) in [5.41, 5.74) is 0.503. The Morgan fingerprint density at radius 3 is 2.43 bits per heavy atom. The fraction of sp³-hybridized carbons (Fsp3) is 0.300. The van der Waals surface area contributed by atoms with Crippen molar-refractivity contribution in [3.63, 3.8) is 0 Å². The van der Waals surface area contributed by atoms with Crippen LogP contribution in [0.3, 0.4) is 0 Å². The normalized spacial score (nSPS) is 10.3. The number of nitrogens with zero attached hydrogens (tertiary/aromatic N) is 1. The molecule has 0 unspecified atom stereocenters. The number of ether oxygens (including phenoxy) is 3. The Balaban J connectivity index is 2.01. The van der Waals surface area contributed by atoms with Crippen LogP contribution in [-0.2, 0) is 16.1 Å². The highest BCUT2D eigenvalue weighted by Crippen LogP contribution is 2.28. The molecule has 28 heavy (non-hydrogen) atoms. The molecule has 8 heteroatoms. The van der Waals surface area contributed by atoms with Gasteiger partial charge in [-0.3, -0.25) is 4.79 Å². The molecule has 0 aromatic heterocycles. The summed E-state index contributed by atoms with van der Waals surface area (Å²) in [6, 6.07) is 8.86. The van der Waals surface area contributed by atoms with Crippen LogP contribution in [0.4, 0.5) is 4.39 Å². The largest absolute Gasteiger partial charge is 0.493 e. The van der Waals surface area contributed by atoms with Crippen molar-refractivity contribution >= 4 is 23.5 Å². The van der Waals surface area contributed by atoms with Crippen molar-refractivity contribution in [1.29, 1.82) is 0 Å². The molecule has 0 aliphatic carbocycles. The Kier molecular flexibility index (Phi) is 7.63. The van der Waals surface area contributed by atoms with Gasteiger partial charge < -0.3 is 19.1 Å². The average molecular weight is 410 g/mol. The molecule has 0 radical (unpaired) electrons. The number of amides is 1. The first-order valence-corrected chi connectivity index (χ1v) is 8.88. The summed E-state index contributed by atoms with van der Waals surface area (Å²) >= 11 is 5.76. The summed E-state index contributed by atoms with van der Waals surface area (Å²) in [4.78, 5) is 25.9. The van der Waals surface area contributed by atoms with Crippen LogP contribution in [0.15, 0.2) is 36.4 Å². The van der Waals surface area contributed by atoms with Crippen LogP contribution in [0, 0.1) is 5.82 Å². The second-order valence-corrected chi connectivity index (χ2v) is 6.23. The van der Waals surface area contributed by atoms with E-state index >= 15 is 0 Å². The standard InChI is InChI=1S/C20H21ClFNO5/c1-4-23(11-13-5-8-17(26-2)18(9-13)27-3)19(24)12-28-20(25)15-10-14(21)6-7-16(15)22/h5-10H,4,11-12H2,1-3H3. The SMILES string of the molecule is CCN(Cc1ccc(OC)c(OC)c1)C(=O)COC(=O)c1cc(Cl)ccc1F. The van der Waals surface area contributed by atoms with E-state index < -0.39 is 24.3 Å². The van der Waals surface area contributed by atoms with E-state index in [-0.39, 0.29) is 10.6 Å². The summed E-state index contributed by atoms with van der Waals surface area (Å²) < 4.78 is 29.1. The third-order valence-electron chi connectivity index (χ3n) is 4.03. The van der Waals surface area contributed by atoms with E-state index in [2.05, 4.69) is 0 Å². The third-order valence-corrected chi connectivity index (χ3v) is 4.27. The highest BCUT2D eigenvalue weighted by Gasteiger charge is 2.19. The molecule has 0 saturated carbocycles. The minimum Gasteiger partial charge on any atom is -0.493 e.